The minimum Gasteiger partial charge on any atom is -0.354 e. The summed E-state index contributed by atoms with van der Waals surface area (Å²) >= 11 is 0. The predicted octanol–water partition coefficient (Wildman–Crippen LogP) is 3.47. The zero-order valence-corrected chi connectivity index (χ0v) is 18.4. The Labute approximate surface area is 186 Å². The van der Waals surface area contributed by atoms with E-state index in [0.717, 1.165) is 39.0 Å². The number of pyridine rings is 1. The number of hydrogen-bond acceptors (Lipinski definition) is 4. The number of nitrogens with one attached hydrogen (secondary N) is 2. The summed E-state index contributed by atoms with van der Waals surface area (Å²) in [6.07, 6.45) is 9.80. The lowest BCUT2D eigenvalue weighted by Crippen LogP contribution is -2.51. The van der Waals surface area contributed by atoms with Crippen molar-refractivity contribution in [2.24, 2.45) is 0 Å². The molecule has 6 heteroatoms. The average molecular weight is 429 g/mol. The molecule has 4 rings (SSSR count). The van der Waals surface area contributed by atoms with Crippen LogP contribution in [0.1, 0.15) is 49.3 Å². The number of benzene rings is 1. The molecule has 0 radical (unpaired) electrons. The standard InChI is InChI=1S/C24H32N4O.ClH/c29-23(18-28-15-14-26-17-22(28)20-8-7-13-25-16-20)27-19-24(11-5-2-6-12-24)21-9-3-1-4-10-21;/h1,3-4,7-10,13,16,22,26H,2,5-6,11-12,14-15,17-19H2,(H,27,29);1H. The minimum absolute atomic E-state index is 0. The van der Waals surface area contributed by atoms with Crippen LogP contribution in [0.5, 0.6) is 0 Å². The molecule has 1 saturated heterocycles. The van der Waals surface area contributed by atoms with Crippen molar-refractivity contribution in [2.75, 3.05) is 32.7 Å². The molecule has 2 N–H and O–H groups in total. The molecule has 2 fully saturated rings. The number of nitrogens with zero attached hydrogens (tertiary/aromatic N) is 2. The van der Waals surface area contributed by atoms with Crippen molar-refractivity contribution in [1.29, 1.82) is 0 Å². The van der Waals surface area contributed by atoms with Gasteiger partial charge in [-0.25, -0.2) is 0 Å². The van der Waals surface area contributed by atoms with E-state index in [9.17, 15) is 4.79 Å². The van der Waals surface area contributed by atoms with Crippen LogP contribution in [-0.2, 0) is 10.2 Å². The van der Waals surface area contributed by atoms with Gasteiger partial charge in [0.1, 0.15) is 0 Å². The molecular weight excluding hydrogens is 396 g/mol. The van der Waals surface area contributed by atoms with E-state index in [4.69, 9.17) is 0 Å². The number of carbonyl (C=O) groups is 1. The average Bonchev–Trinajstić information content (AvgIpc) is 2.80. The number of rotatable bonds is 6. The second kappa shape index (κ2) is 10.9. The summed E-state index contributed by atoms with van der Waals surface area (Å²) in [5, 5.41) is 6.74. The maximum atomic E-state index is 12.9. The van der Waals surface area contributed by atoms with Crippen LogP contribution in [0.25, 0.3) is 0 Å². The van der Waals surface area contributed by atoms with Crippen LogP contribution in [0, 0.1) is 0 Å². The molecule has 0 spiro atoms. The van der Waals surface area contributed by atoms with Gasteiger partial charge in [-0.2, -0.15) is 0 Å². The summed E-state index contributed by atoms with van der Waals surface area (Å²) < 4.78 is 0. The van der Waals surface area contributed by atoms with E-state index in [1.54, 1.807) is 6.20 Å². The van der Waals surface area contributed by atoms with Gasteiger partial charge in [-0.05, 0) is 30.0 Å². The Morgan fingerprint density at radius 1 is 1.13 bits per heavy atom. The van der Waals surface area contributed by atoms with Crippen molar-refractivity contribution in [2.45, 2.75) is 43.6 Å². The number of carbonyl (C=O) groups excluding carboxylic acids is 1. The maximum absolute atomic E-state index is 12.9. The number of amides is 1. The van der Waals surface area contributed by atoms with Crippen molar-refractivity contribution in [1.82, 2.24) is 20.5 Å². The molecular formula is C24H33ClN4O. The first kappa shape index (κ1) is 22.7. The Kier molecular flexibility index (Phi) is 8.25. The van der Waals surface area contributed by atoms with Crippen molar-refractivity contribution in [3.8, 4) is 0 Å². The van der Waals surface area contributed by atoms with Gasteiger partial charge < -0.3 is 10.6 Å². The molecule has 1 aromatic heterocycles. The third-order valence-electron chi connectivity index (χ3n) is 6.59. The Morgan fingerprint density at radius 2 is 1.93 bits per heavy atom. The van der Waals surface area contributed by atoms with Gasteiger partial charge in [0.05, 0.1) is 6.54 Å². The van der Waals surface area contributed by atoms with Gasteiger partial charge in [0.15, 0.2) is 0 Å². The Hall–Kier alpha value is -1.95. The first-order valence-electron chi connectivity index (χ1n) is 10.9. The highest BCUT2D eigenvalue weighted by molar-refractivity contribution is 5.85. The van der Waals surface area contributed by atoms with Crippen LogP contribution < -0.4 is 10.6 Å². The molecule has 0 bridgehead atoms. The van der Waals surface area contributed by atoms with Crippen LogP contribution in [0.2, 0.25) is 0 Å². The van der Waals surface area contributed by atoms with Crippen molar-refractivity contribution < 1.29 is 4.79 Å². The topological polar surface area (TPSA) is 57.3 Å². The molecule has 1 aromatic carbocycles. The molecule has 1 aliphatic heterocycles. The molecule has 162 valence electrons. The zero-order chi connectivity index (χ0) is 19.9. The molecule has 30 heavy (non-hydrogen) atoms. The SMILES string of the molecule is Cl.O=C(CN1CCNCC1c1cccnc1)NCC1(c2ccccc2)CCCCC1. The fourth-order valence-electron chi connectivity index (χ4n) is 4.93. The van der Waals surface area contributed by atoms with Gasteiger partial charge in [0.2, 0.25) is 5.91 Å². The Balaban J connectivity index is 0.00000256. The van der Waals surface area contributed by atoms with Crippen molar-refractivity contribution >= 4 is 18.3 Å². The molecule has 1 aliphatic carbocycles. The summed E-state index contributed by atoms with van der Waals surface area (Å²) in [4.78, 5) is 19.5. The second-order valence-electron chi connectivity index (χ2n) is 8.46. The van der Waals surface area contributed by atoms with E-state index in [1.165, 1.54) is 30.4 Å². The van der Waals surface area contributed by atoms with Crippen LogP contribution in [0.4, 0.5) is 0 Å². The summed E-state index contributed by atoms with van der Waals surface area (Å²) in [6, 6.07) is 15.0. The van der Waals surface area contributed by atoms with Gasteiger partial charge in [-0.1, -0.05) is 55.7 Å². The van der Waals surface area contributed by atoms with Gasteiger partial charge in [0.25, 0.3) is 0 Å². The molecule has 1 unspecified atom stereocenters. The number of halogens is 1. The maximum Gasteiger partial charge on any atom is 0.234 e. The van der Waals surface area contributed by atoms with Crippen LogP contribution >= 0.6 is 12.4 Å². The summed E-state index contributed by atoms with van der Waals surface area (Å²) in [5.41, 5.74) is 2.62. The number of piperazine rings is 1. The van der Waals surface area contributed by atoms with Gasteiger partial charge in [0, 0.05) is 50.0 Å². The monoisotopic (exact) mass is 428 g/mol. The normalized spacial score (nSPS) is 21.4. The lowest BCUT2D eigenvalue weighted by molar-refractivity contribution is -0.123. The highest BCUT2D eigenvalue weighted by Gasteiger charge is 2.34. The molecule has 5 nitrogen and oxygen atoms in total. The first-order valence-corrected chi connectivity index (χ1v) is 10.9. The predicted molar refractivity (Wildman–Crippen MR) is 123 cm³/mol. The largest absolute Gasteiger partial charge is 0.354 e. The highest BCUT2D eigenvalue weighted by atomic mass is 35.5. The third-order valence-corrected chi connectivity index (χ3v) is 6.59. The van der Waals surface area contributed by atoms with Crippen molar-refractivity contribution in [3.05, 3.63) is 66.0 Å². The lowest BCUT2D eigenvalue weighted by Gasteiger charge is -2.39. The van der Waals surface area contributed by atoms with E-state index in [0.29, 0.717) is 6.54 Å². The summed E-state index contributed by atoms with van der Waals surface area (Å²) in [6.45, 7) is 3.81. The number of aromatic nitrogens is 1. The first-order chi connectivity index (χ1) is 14.3. The quantitative estimate of drug-likeness (QED) is 0.739. The van der Waals surface area contributed by atoms with E-state index in [-0.39, 0.29) is 29.8 Å². The summed E-state index contributed by atoms with van der Waals surface area (Å²) in [7, 11) is 0. The minimum atomic E-state index is 0. The van der Waals surface area contributed by atoms with E-state index < -0.39 is 0 Å². The molecule has 2 heterocycles. The fourth-order valence-corrected chi connectivity index (χ4v) is 4.93. The fraction of sp³-hybridized carbons (Fsp3) is 0.500. The van der Waals surface area contributed by atoms with Crippen LogP contribution in [0.3, 0.4) is 0 Å². The van der Waals surface area contributed by atoms with Gasteiger partial charge >= 0.3 is 0 Å². The molecule has 1 atom stereocenters. The van der Waals surface area contributed by atoms with Crippen LogP contribution in [0.15, 0.2) is 54.9 Å². The van der Waals surface area contributed by atoms with E-state index in [2.05, 4.69) is 56.9 Å². The van der Waals surface area contributed by atoms with Crippen molar-refractivity contribution in [3.63, 3.8) is 0 Å². The van der Waals surface area contributed by atoms with Gasteiger partial charge in [-0.15, -0.1) is 12.4 Å². The smallest absolute Gasteiger partial charge is 0.234 e. The zero-order valence-electron chi connectivity index (χ0n) is 17.6. The molecule has 2 aliphatic rings. The third kappa shape index (κ3) is 5.39. The lowest BCUT2D eigenvalue weighted by atomic mass is 9.69. The van der Waals surface area contributed by atoms with Gasteiger partial charge in [-0.3, -0.25) is 14.7 Å². The number of hydrogen-bond donors (Lipinski definition) is 2. The second-order valence-corrected chi connectivity index (χ2v) is 8.46. The van der Waals surface area contributed by atoms with E-state index in [1.807, 2.05) is 12.3 Å². The van der Waals surface area contributed by atoms with E-state index >= 15 is 0 Å². The highest BCUT2D eigenvalue weighted by Crippen LogP contribution is 2.38. The molecule has 2 aromatic rings. The Bertz CT molecular complexity index is 780. The summed E-state index contributed by atoms with van der Waals surface area (Å²) in [5.74, 6) is 0.127. The van der Waals surface area contributed by atoms with Crippen LogP contribution in [-0.4, -0.2) is 48.5 Å². The Morgan fingerprint density at radius 3 is 2.67 bits per heavy atom. The molecule has 1 amide bonds. The molecule has 1 saturated carbocycles.